The van der Waals surface area contributed by atoms with Crippen LogP contribution in [-0.4, -0.2) is 29.4 Å². The van der Waals surface area contributed by atoms with Crippen LogP contribution in [0.4, 0.5) is 13.2 Å². The molecule has 1 N–H and O–H groups in total. The maximum atomic E-state index is 12.5. The number of nitrogens with one attached hydrogen (secondary N) is 1. The molecule has 1 atom stereocenters. The number of aryl methyl sites for hydroxylation is 1. The van der Waals surface area contributed by atoms with Gasteiger partial charge in [0.1, 0.15) is 11.4 Å². The Morgan fingerprint density at radius 3 is 2.83 bits per heavy atom. The molecule has 6 nitrogen and oxygen atoms in total. The Balaban J connectivity index is 1.85. The van der Waals surface area contributed by atoms with Crippen molar-refractivity contribution in [3.63, 3.8) is 0 Å². The molecule has 3 rings (SSSR count). The summed E-state index contributed by atoms with van der Waals surface area (Å²) in [5, 5.41) is 3.95. The summed E-state index contributed by atoms with van der Waals surface area (Å²) in [4.78, 5) is 3.78. The second-order valence-electron chi connectivity index (χ2n) is 5.61. The van der Waals surface area contributed by atoms with E-state index in [0.29, 0.717) is 30.5 Å². The quantitative estimate of drug-likeness (QED) is 0.907. The SMILES string of the molecule is O=S(=O)(N[C@@H]1CCCc2cn(CC(F)(F)F)nc21)c1cccnc1. The molecule has 0 radical (unpaired) electrons. The van der Waals surface area contributed by atoms with Crippen molar-refractivity contribution in [2.45, 2.75) is 42.9 Å². The molecule has 2 heterocycles. The number of pyridine rings is 1. The van der Waals surface area contributed by atoms with Gasteiger partial charge in [0.2, 0.25) is 10.0 Å². The lowest BCUT2D eigenvalue weighted by atomic mass is 9.94. The van der Waals surface area contributed by atoms with E-state index in [1.54, 1.807) is 0 Å². The molecule has 1 aliphatic carbocycles. The lowest BCUT2D eigenvalue weighted by molar-refractivity contribution is -0.142. The minimum atomic E-state index is -4.38. The zero-order chi connectivity index (χ0) is 17.4. The zero-order valence-electron chi connectivity index (χ0n) is 12.5. The van der Waals surface area contributed by atoms with Gasteiger partial charge >= 0.3 is 6.18 Å². The first-order valence-electron chi connectivity index (χ1n) is 7.30. The zero-order valence-corrected chi connectivity index (χ0v) is 13.3. The Morgan fingerprint density at radius 2 is 2.17 bits per heavy atom. The molecule has 0 bridgehead atoms. The van der Waals surface area contributed by atoms with E-state index in [-0.39, 0.29) is 4.90 Å². The molecule has 0 amide bonds. The summed E-state index contributed by atoms with van der Waals surface area (Å²) >= 11 is 0. The molecule has 1 aliphatic rings. The number of hydrogen-bond donors (Lipinski definition) is 1. The Hall–Kier alpha value is -1.94. The van der Waals surface area contributed by atoms with Crippen molar-refractivity contribution in [2.24, 2.45) is 0 Å². The minimum Gasteiger partial charge on any atom is -0.263 e. The van der Waals surface area contributed by atoms with Gasteiger partial charge in [-0.15, -0.1) is 0 Å². The highest BCUT2D eigenvalue weighted by Crippen LogP contribution is 2.30. The highest BCUT2D eigenvalue weighted by atomic mass is 32.2. The predicted octanol–water partition coefficient (Wildman–Crippen LogP) is 2.20. The molecule has 130 valence electrons. The van der Waals surface area contributed by atoms with Crippen molar-refractivity contribution in [1.29, 1.82) is 0 Å². The molecule has 0 spiro atoms. The molecule has 0 fully saturated rings. The van der Waals surface area contributed by atoms with Crippen LogP contribution in [0.25, 0.3) is 0 Å². The number of alkyl halides is 3. The molecule has 24 heavy (non-hydrogen) atoms. The van der Waals surface area contributed by atoms with Crippen LogP contribution >= 0.6 is 0 Å². The lowest BCUT2D eigenvalue weighted by Gasteiger charge is -2.22. The third kappa shape index (κ3) is 3.75. The summed E-state index contributed by atoms with van der Waals surface area (Å²) in [7, 11) is -3.81. The number of halogens is 3. The van der Waals surface area contributed by atoms with Crippen LogP contribution in [0.3, 0.4) is 0 Å². The maximum absolute atomic E-state index is 12.5. The number of rotatable bonds is 4. The highest BCUT2D eigenvalue weighted by Gasteiger charge is 2.32. The van der Waals surface area contributed by atoms with Gasteiger partial charge in [-0.25, -0.2) is 13.1 Å². The molecule has 10 heteroatoms. The number of sulfonamides is 1. The van der Waals surface area contributed by atoms with Crippen LogP contribution in [0.15, 0.2) is 35.6 Å². The van der Waals surface area contributed by atoms with Gasteiger partial charge in [0.05, 0.1) is 11.7 Å². The molecule has 2 aromatic rings. The van der Waals surface area contributed by atoms with Gasteiger partial charge in [-0.2, -0.15) is 18.3 Å². The van der Waals surface area contributed by atoms with Gasteiger partial charge in [0.15, 0.2) is 0 Å². The second-order valence-corrected chi connectivity index (χ2v) is 7.32. The van der Waals surface area contributed by atoms with Crippen LogP contribution in [0.1, 0.15) is 30.1 Å². The van der Waals surface area contributed by atoms with Crippen LogP contribution in [0.5, 0.6) is 0 Å². The molecular formula is C14H15F3N4O2S. The molecule has 0 aromatic carbocycles. The van der Waals surface area contributed by atoms with E-state index in [0.717, 1.165) is 4.68 Å². The average Bonchev–Trinajstić information content (AvgIpc) is 2.89. The van der Waals surface area contributed by atoms with Crippen molar-refractivity contribution >= 4 is 10.0 Å². The Kier molecular flexibility index (Phi) is 4.35. The lowest BCUT2D eigenvalue weighted by Crippen LogP contribution is -2.31. The van der Waals surface area contributed by atoms with Crippen molar-refractivity contribution < 1.29 is 21.6 Å². The fraction of sp³-hybridized carbons (Fsp3) is 0.429. The van der Waals surface area contributed by atoms with Crippen molar-refractivity contribution in [3.05, 3.63) is 42.0 Å². The topological polar surface area (TPSA) is 76.9 Å². The standard InChI is InChI=1S/C14H15F3N4O2S/c15-14(16,17)9-21-8-10-3-1-5-12(13(10)19-21)20-24(22,23)11-4-2-6-18-7-11/h2,4,6-8,12,20H,1,3,5,9H2/t12-/m1/s1. The van der Waals surface area contributed by atoms with Crippen LogP contribution in [0.2, 0.25) is 0 Å². The normalized spacial score (nSPS) is 18.4. The van der Waals surface area contributed by atoms with Gasteiger partial charge in [-0.05, 0) is 37.0 Å². The van der Waals surface area contributed by atoms with Crippen LogP contribution in [-0.2, 0) is 23.0 Å². The molecule has 0 unspecified atom stereocenters. The van der Waals surface area contributed by atoms with Gasteiger partial charge in [0, 0.05) is 18.6 Å². The Labute approximate surface area is 136 Å². The van der Waals surface area contributed by atoms with Crippen molar-refractivity contribution in [3.8, 4) is 0 Å². The molecular weight excluding hydrogens is 345 g/mol. The van der Waals surface area contributed by atoms with E-state index in [9.17, 15) is 21.6 Å². The summed E-state index contributed by atoms with van der Waals surface area (Å²) in [5.41, 5.74) is 1.00. The summed E-state index contributed by atoms with van der Waals surface area (Å²) in [6.45, 7) is -1.19. The maximum Gasteiger partial charge on any atom is 0.408 e. The monoisotopic (exact) mass is 360 g/mol. The van der Waals surface area contributed by atoms with Gasteiger partial charge in [-0.1, -0.05) is 0 Å². The molecule has 0 saturated heterocycles. The molecule has 2 aromatic heterocycles. The van der Waals surface area contributed by atoms with Gasteiger partial charge in [0.25, 0.3) is 0 Å². The fourth-order valence-electron chi connectivity index (χ4n) is 2.74. The second kappa shape index (κ2) is 6.17. The summed E-state index contributed by atoms with van der Waals surface area (Å²) < 4.78 is 65.6. The van der Waals surface area contributed by atoms with E-state index in [1.807, 2.05) is 0 Å². The number of aromatic nitrogens is 3. The Bertz CT molecular complexity index is 818. The molecule has 0 aliphatic heterocycles. The summed E-state index contributed by atoms with van der Waals surface area (Å²) in [6, 6.07) is 2.26. The first-order chi connectivity index (χ1) is 11.2. The predicted molar refractivity (Wildman–Crippen MR) is 78.5 cm³/mol. The number of nitrogens with zero attached hydrogens (tertiary/aromatic N) is 3. The Morgan fingerprint density at radius 1 is 1.38 bits per heavy atom. The van der Waals surface area contributed by atoms with Gasteiger partial charge < -0.3 is 0 Å². The van der Waals surface area contributed by atoms with Gasteiger partial charge in [-0.3, -0.25) is 9.67 Å². The third-order valence-corrected chi connectivity index (χ3v) is 5.18. The smallest absolute Gasteiger partial charge is 0.263 e. The molecule has 0 saturated carbocycles. The third-order valence-electron chi connectivity index (χ3n) is 3.72. The summed E-state index contributed by atoms with van der Waals surface area (Å²) in [6.07, 6.45) is 1.37. The number of hydrogen-bond acceptors (Lipinski definition) is 4. The summed E-state index contributed by atoms with van der Waals surface area (Å²) in [5.74, 6) is 0. The van der Waals surface area contributed by atoms with E-state index in [2.05, 4.69) is 14.8 Å². The van der Waals surface area contributed by atoms with Crippen LogP contribution in [0, 0.1) is 0 Å². The van der Waals surface area contributed by atoms with E-state index < -0.39 is 28.8 Å². The van der Waals surface area contributed by atoms with Crippen LogP contribution < -0.4 is 4.72 Å². The number of fused-ring (bicyclic) bond motifs is 1. The fourth-order valence-corrected chi connectivity index (χ4v) is 3.94. The van der Waals surface area contributed by atoms with E-state index in [4.69, 9.17) is 0 Å². The minimum absolute atomic E-state index is 0.00634. The average molecular weight is 360 g/mol. The van der Waals surface area contributed by atoms with Crippen molar-refractivity contribution in [1.82, 2.24) is 19.5 Å². The highest BCUT2D eigenvalue weighted by molar-refractivity contribution is 7.89. The van der Waals surface area contributed by atoms with E-state index in [1.165, 1.54) is 30.7 Å². The largest absolute Gasteiger partial charge is 0.408 e. The van der Waals surface area contributed by atoms with Crippen molar-refractivity contribution in [2.75, 3.05) is 0 Å². The first-order valence-corrected chi connectivity index (χ1v) is 8.78. The first kappa shape index (κ1) is 16.9. The van der Waals surface area contributed by atoms with E-state index >= 15 is 0 Å².